The predicted molar refractivity (Wildman–Crippen MR) is 126 cm³/mol. The van der Waals surface area contributed by atoms with Gasteiger partial charge >= 0.3 is 0 Å². The van der Waals surface area contributed by atoms with Gasteiger partial charge in [0, 0.05) is 12.1 Å². The number of aryl methyl sites for hydroxylation is 1. The minimum atomic E-state index is -0.150. The highest BCUT2D eigenvalue weighted by Crippen LogP contribution is 2.25. The summed E-state index contributed by atoms with van der Waals surface area (Å²) in [6.45, 7) is 1.96. The molecule has 0 fully saturated rings. The van der Waals surface area contributed by atoms with Crippen LogP contribution in [0.15, 0.2) is 84.0 Å². The van der Waals surface area contributed by atoms with Crippen LogP contribution in [0.4, 0.5) is 5.69 Å². The third-order valence-electron chi connectivity index (χ3n) is 4.65. The first-order valence-electron chi connectivity index (χ1n) is 9.82. The first-order valence-corrected chi connectivity index (χ1v) is 11.2. The molecule has 0 spiro atoms. The van der Waals surface area contributed by atoms with Crippen LogP contribution in [0.25, 0.3) is 5.69 Å². The summed E-state index contributed by atoms with van der Waals surface area (Å²) in [6, 6.07) is 25.6. The number of hydrogen-bond donors (Lipinski definition) is 1. The highest BCUT2D eigenvalue weighted by molar-refractivity contribution is 7.99. The van der Waals surface area contributed by atoms with Gasteiger partial charge in [0.05, 0.1) is 16.5 Å². The zero-order valence-corrected chi connectivity index (χ0v) is 18.5. The first-order chi connectivity index (χ1) is 15.1. The Bertz CT molecular complexity index is 1180. The van der Waals surface area contributed by atoms with Gasteiger partial charge in [-0.05, 0) is 42.3 Å². The molecule has 0 unspecified atom stereocenters. The van der Waals surface area contributed by atoms with Gasteiger partial charge in [0.15, 0.2) is 5.16 Å². The molecule has 0 saturated carbocycles. The molecule has 1 amide bonds. The van der Waals surface area contributed by atoms with E-state index < -0.39 is 0 Å². The maximum atomic E-state index is 12.5. The van der Waals surface area contributed by atoms with Crippen molar-refractivity contribution in [1.82, 2.24) is 14.8 Å². The van der Waals surface area contributed by atoms with Gasteiger partial charge < -0.3 is 5.32 Å². The van der Waals surface area contributed by atoms with Crippen LogP contribution in [0, 0.1) is 6.92 Å². The number of carbonyl (C=O) groups is 1. The van der Waals surface area contributed by atoms with Gasteiger partial charge in [0.25, 0.3) is 0 Å². The molecule has 0 aliphatic carbocycles. The van der Waals surface area contributed by atoms with Crippen molar-refractivity contribution in [2.45, 2.75) is 18.5 Å². The predicted octanol–water partition coefficient (Wildman–Crippen LogP) is 5.55. The average Bonchev–Trinajstić information content (AvgIpc) is 3.18. The number of nitrogens with zero attached hydrogens (tertiary/aromatic N) is 3. The SMILES string of the molecule is Cc1ccc(NC(=O)CSc2nnc(Cc3ccccc3)n2-c2ccccc2)c(Cl)c1. The Labute approximate surface area is 190 Å². The largest absolute Gasteiger partial charge is 0.324 e. The minimum Gasteiger partial charge on any atom is -0.324 e. The summed E-state index contributed by atoms with van der Waals surface area (Å²) in [7, 11) is 0. The normalized spacial score (nSPS) is 10.8. The molecule has 0 bridgehead atoms. The highest BCUT2D eigenvalue weighted by atomic mass is 35.5. The van der Waals surface area contributed by atoms with E-state index >= 15 is 0 Å². The van der Waals surface area contributed by atoms with Crippen molar-refractivity contribution in [3.8, 4) is 5.69 Å². The fraction of sp³-hybridized carbons (Fsp3) is 0.125. The van der Waals surface area contributed by atoms with Crippen molar-refractivity contribution in [3.05, 3.63) is 101 Å². The molecule has 3 aromatic carbocycles. The van der Waals surface area contributed by atoms with Crippen LogP contribution in [-0.4, -0.2) is 26.4 Å². The van der Waals surface area contributed by atoms with Crippen molar-refractivity contribution < 1.29 is 4.79 Å². The van der Waals surface area contributed by atoms with Crippen molar-refractivity contribution in [2.75, 3.05) is 11.1 Å². The molecule has 31 heavy (non-hydrogen) atoms. The molecule has 156 valence electrons. The van der Waals surface area contributed by atoms with E-state index in [1.54, 1.807) is 0 Å². The Kier molecular flexibility index (Phi) is 6.70. The molecule has 1 heterocycles. The summed E-state index contributed by atoms with van der Waals surface area (Å²) in [5.74, 6) is 0.866. The molecule has 0 aliphatic rings. The van der Waals surface area contributed by atoms with Gasteiger partial charge in [-0.2, -0.15) is 0 Å². The molecular formula is C24H21ClN4OS. The zero-order chi connectivity index (χ0) is 21.6. The standard InChI is InChI=1S/C24H21ClN4OS/c1-17-12-13-21(20(25)14-17)26-23(30)16-31-24-28-27-22(15-18-8-4-2-5-9-18)29(24)19-10-6-3-7-11-19/h2-14H,15-16H2,1H3,(H,26,30). The lowest BCUT2D eigenvalue weighted by Crippen LogP contribution is -2.15. The summed E-state index contributed by atoms with van der Waals surface area (Å²) < 4.78 is 2.00. The molecule has 4 aromatic rings. The van der Waals surface area contributed by atoms with Crippen LogP contribution < -0.4 is 5.32 Å². The van der Waals surface area contributed by atoms with E-state index in [0.717, 1.165) is 22.6 Å². The smallest absolute Gasteiger partial charge is 0.234 e. The van der Waals surface area contributed by atoms with E-state index in [1.807, 2.05) is 78.2 Å². The number of benzene rings is 3. The maximum Gasteiger partial charge on any atom is 0.234 e. The number of anilines is 1. The molecule has 0 radical (unpaired) electrons. The van der Waals surface area contributed by atoms with Crippen LogP contribution in [0.2, 0.25) is 5.02 Å². The summed E-state index contributed by atoms with van der Waals surface area (Å²) in [5, 5.41) is 12.8. The summed E-state index contributed by atoms with van der Waals surface area (Å²) in [6.07, 6.45) is 0.647. The van der Waals surface area contributed by atoms with Crippen LogP contribution in [-0.2, 0) is 11.2 Å². The zero-order valence-electron chi connectivity index (χ0n) is 17.0. The van der Waals surface area contributed by atoms with Gasteiger partial charge in [-0.3, -0.25) is 9.36 Å². The third kappa shape index (κ3) is 5.34. The average molecular weight is 449 g/mol. The minimum absolute atomic E-state index is 0.150. The van der Waals surface area contributed by atoms with Crippen molar-refractivity contribution in [2.24, 2.45) is 0 Å². The lowest BCUT2D eigenvalue weighted by atomic mass is 10.1. The highest BCUT2D eigenvalue weighted by Gasteiger charge is 2.16. The molecule has 4 rings (SSSR count). The second-order valence-corrected chi connectivity index (χ2v) is 8.40. The molecule has 1 aromatic heterocycles. The Hall–Kier alpha value is -3.09. The molecule has 1 N–H and O–H groups in total. The van der Waals surface area contributed by atoms with Gasteiger partial charge in [-0.15, -0.1) is 10.2 Å². The van der Waals surface area contributed by atoms with E-state index in [4.69, 9.17) is 11.6 Å². The van der Waals surface area contributed by atoms with Gasteiger partial charge in [0.1, 0.15) is 5.82 Å². The molecule has 0 saturated heterocycles. The van der Waals surface area contributed by atoms with Crippen molar-refractivity contribution in [1.29, 1.82) is 0 Å². The number of rotatable bonds is 7. The van der Waals surface area contributed by atoms with Crippen molar-refractivity contribution >= 4 is 35.0 Å². The lowest BCUT2D eigenvalue weighted by molar-refractivity contribution is -0.113. The van der Waals surface area contributed by atoms with E-state index in [0.29, 0.717) is 22.3 Å². The molecule has 0 atom stereocenters. The quantitative estimate of drug-likeness (QED) is 0.376. The summed E-state index contributed by atoms with van der Waals surface area (Å²) >= 11 is 7.57. The fourth-order valence-corrected chi connectivity index (χ4v) is 4.21. The monoisotopic (exact) mass is 448 g/mol. The number of thioether (sulfide) groups is 1. The topological polar surface area (TPSA) is 59.8 Å². The second kappa shape index (κ2) is 9.81. The number of amides is 1. The third-order valence-corrected chi connectivity index (χ3v) is 5.89. The Morgan fingerprint density at radius 3 is 2.42 bits per heavy atom. The van der Waals surface area contributed by atoms with Crippen molar-refractivity contribution in [3.63, 3.8) is 0 Å². The molecule has 7 heteroatoms. The molecular weight excluding hydrogens is 428 g/mol. The van der Waals surface area contributed by atoms with Crippen LogP contribution >= 0.6 is 23.4 Å². The van der Waals surface area contributed by atoms with Crippen LogP contribution in [0.5, 0.6) is 0 Å². The van der Waals surface area contributed by atoms with E-state index in [1.165, 1.54) is 11.8 Å². The van der Waals surface area contributed by atoms with Gasteiger partial charge in [0.2, 0.25) is 5.91 Å². The van der Waals surface area contributed by atoms with Crippen LogP contribution in [0.1, 0.15) is 17.0 Å². The first kappa shape index (κ1) is 21.2. The Morgan fingerprint density at radius 1 is 1.00 bits per heavy atom. The second-order valence-electron chi connectivity index (χ2n) is 7.05. The Balaban J connectivity index is 1.53. The number of carbonyl (C=O) groups excluding carboxylic acids is 1. The number of halogens is 1. The number of hydrogen-bond acceptors (Lipinski definition) is 4. The van der Waals surface area contributed by atoms with E-state index in [-0.39, 0.29) is 11.7 Å². The Morgan fingerprint density at radius 2 is 1.71 bits per heavy atom. The number of para-hydroxylation sites is 1. The summed E-state index contributed by atoms with van der Waals surface area (Å²) in [4.78, 5) is 12.5. The van der Waals surface area contributed by atoms with Gasteiger partial charge in [-0.1, -0.05) is 78.0 Å². The lowest BCUT2D eigenvalue weighted by Gasteiger charge is -2.11. The fourth-order valence-electron chi connectivity index (χ4n) is 3.16. The van der Waals surface area contributed by atoms with E-state index in [2.05, 4.69) is 27.6 Å². The molecule has 5 nitrogen and oxygen atoms in total. The van der Waals surface area contributed by atoms with Gasteiger partial charge in [-0.25, -0.2) is 0 Å². The number of aromatic nitrogens is 3. The van der Waals surface area contributed by atoms with Crippen LogP contribution in [0.3, 0.4) is 0 Å². The van der Waals surface area contributed by atoms with E-state index in [9.17, 15) is 4.79 Å². The number of nitrogens with one attached hydrogen (secondary N) is 1. The maximum absolute atomic E-state index is 12.5. The summed E-state index contributed by atoms with van der Waals surface area (Å²) in [5.41, 5.74) is 3.75. The molecule has 0 aliphatic heterocycles.